The minimum atomic E-state index is -0.917. The van der Waals surface area contributed by atoms with Crippen molar-refractivity contribution in [3.05, 3.63) is 35.6 Å². The molecule has 134 valence electrons. The molecule has 0 aliphatic carbocycles. The van der Waals surface area contributed by atoms with Crippen molar-refractivity contribution >= 4 is 18.0 Å². The highest BCUT2D eigenvalue weighted by Crippen LogP contribution is 2.13. The molecule has 2 amide bonds. The molecule has 0 aliphatic heterocycles. The van der Waals surface area contributed by atoms with E-state index in [-0.39, 0.29) is 18.7 Å². The van der Waals surface area contributed by atoms with E-state index in [1.807, 2.05) is 0 Å². The standard InChI is InChI=1S/C18H20FNO5/c1-5-24-15(21)7-6-12-20(17(23)25-18(2,3)4)16(22)13-8-10-14(19)11-9-13/h8-11H,5,12H2,1-4H3. The summed E-state index contributed by atoms with van der Waals surface area (Å²) in [5, 5.41) is 0. The predicted octanol–water partition coefficient (Wildman–Crippen LogP) is 2.77. The van der Waals surface area contributed by atoms with Crippen molar-refractivity contribution in [1.82, 2.24) is 4.90 Å². The maximum absolute atomic E-state index is 13.0. The van der Waals surface area contributed by atoms with Crippen LogP contribution in [-0.4, -0.2) is 41.6 Å². The van der Waals surface area contributed by atoms with Crippen LogP contribution in [0.25, 0.3) is 0 Å². The number of hydrogen-bond acceptors (Lipinski definition) is 5. The number of benzene rings is 1. The smallest absolute Gasteiger partial charge is 0.418 e. The second kappa shape index (κ2) is 8.83. The monoisotopic (exact) mass is 349 g/mol. The van der Waals surface area contributed by atoms with Gasteiger partial charge in [-0.15, -0.1) is 0 Å². The summed E-state index contributed by atoms with van der Waals surface area (Å²) < 4.78 is 22.8. The molecule has 0 heterocycles. The van der Waals surface area contributed by atoms with E-state index in [0.717, 1.165) is 17.0 Å². The van der Waals surface area contributed by atoms with Gasteiger partial charge in [0.15, 0.2) is 0 Å². The van der Waals surface area contributed by atoms with Gasteiger partial charge in [-0.3, -0.25) is 4.79 Å². The van der Waals surface area contributed by atoms with Gasteiger partial charge in [0.05, 0.1) is 13.2 Å². The number of nitrogens with zero attached hydrogens (tertiary/aromatic N) is 1. The third-order valence-electron chi connectivity index (χ3n) is 2.65. The van der Waals surface area contributed by atoms with Crippen LogP contribution in [0.1, 0.15) is 38.1 Å². The zero-order valence-corrected chi connectivity index (χ0v) is 14.6. The highest BCUT2D eigenvalue weighted by Gasteiger charge is 2.27. The molecule has 0 atom stereocenters. The van der Waals surface area contributed by atoms with Gasteiger partial charge < -0.3 is 9.47 Å². The van der Waals surface area contributed by atoms with Gasteiger partial charge in [-0.25, -0.2) is 18.9 Å². The van der Waals surface area contributed by atoms with Crippen LogP contribution in [-0.2, 0) is 14.3 Å². The van der Waals surface area contributed by atoms with E-state index in [2.05, 4.69) is 16.6 Å². The molecule has 1 aromatic rings. The Morgan fingerprint density at radius 3 is 2.28 bits per heavy atom. The van der Waals surface area contributed by atoms with Gasteiger partial charge in [-0.2, -0.15) is 0 Å². The van der Waals surface area contributed by atoms with Crippen molar-refractivity contribution in [2.24, 2.45) is 0 Å². The molecule has 25 heavy (non-hydrogen) atoms. The molecular weight excluding hydrogens is 329 g/mol. The normalized spacial score (nSPS) is 10.3. The Balaban J connectivity index is 3.01. The zero-order chi connectivity index (χ0) is 19.0. The molecule has 7 heteroatoms. The van der Waals surface area contributed by atoms with Gasteiger partial charge in [0.2, 0.25) is 0 Å². The second-order valence-corrected chi connectivity index (χ2v) is 5.90. The highest BCUT2D eigenvalue weighted by molar-refractivity contribution is 6.03. The van der Waals surface area contributed by atoms with Crippen LogP contribution < -0.4 is 0 Å². The summed E-state index contributed by atoms with van der Waals surface area (Å²) in [6, 6.07) is 4.69. The first-order valence-corrected chi connectivity index (χ1v) is 7.60. The Morgan fingerprint density at radius 1 is 1.16 bits per heavy atom. The fraction of sp³-hybridized carbons (Fsp3) is 0.389. The summed E-state index contributed by atoms with van der Waals surface area (Å²) in [7, 11) is 0. The van der Waals surface area contributed by atoms with Crippen LogP contribution >= 0.6 is 0 Å². The lowest BCUT2D eigenvalue weighted by Crippen LogP contribution is -2.41. The minimum Gasteiger partial charge on any atom is -0.456 e. The van der Waals surface area contributed by atoms with Gasteiger partial charge in [0.1, 0.15) is 11.4 Å². The molecule has 0 N–H and O–H groups in total. The zero-order valence-electron chi connectivity index (χ0n) is 14.6. The number of ether oxygens (including phenoxy) is 2. The largest absolute Gasteiger partial charge is 0.456 e. The molecule has 0 fully saturated rings. The van der Waals surface area contributed by atoms with E-state index < -0.39 is 29.4 Å². The first kappa shape index (κ1) is 20.2. The summed E-state index contributed by atoms with van der Waals surface area (Å²) in [5.74, 6) is 2.59. The molecule has 1 aromatic carbocycles. The minimum absolute atomic E-state index is 0.0881. The van der Waals surface area contributed by atoms with E-state index in [9.17, 15) is 18.8 Å². The maximum Gasteiger partial charge on any atom is 0.418 e. The quantitative estimate of drug-likeness (QED) is 0.477. The van der Waals surface area contributed by atoms with Gasteiger partial charge in [-0.1, -0.05) is 5.92 Å². The molecular formula is C18H20FNO5. The summed E-state index contributed by atoms with van der Waals surface area (Å²) in [5.41, 5.74) is -0.738. The van der Waals surface area contributed by atoms with Crippen LogP contribution in [0.5, 0.6) is 0 Å². The molecule has 0 unspecified atom stereocenters. The number of esters is 1. The van der Waals surface area contributed by atoms with Gasteiger partial charge in [-0.05, 0) is 52.0 Å². The number of rotatable bonds is 3. The molecule has 0 spiro atoms. The van der Waals surface area contributed by atoms with Gasteiger partial charge in [0, 0.05) is 11.5 Å². The summed E-state index contributed by atoms with van der Waals surface area (Å²) in [4.78, 5) is 36.8. The lowest BCUT2D eigenvalue weighted by molar-refractivity contribution is -0.136. The van der Waals surface area contributed by atoms with Crippen molar-refractivity contribution in [3.8, 4) is 11.8 Å². The third-order valence-corrected chi connectivity index (χ3v) is 2.65. The SMILES string of the molecule is CCOC(=O)C#CCN(C(=O)OC(C)(C)C)C(=O)c1ccc(F)cc1. The van der Waals surface area contributed by atoms with Crippen molar-refractivity contribution in [2.45, 2.75) is 33.3 Å². The molecule has 0 aliphatic rings. The Labute approximate surface area is 145 Å². The Morgan fingerprint density at radius 2 is 1.76 bits per heavy atom. The number of amides is 2. The molecule has 0 bridgehead atoms. The van der Waals surface area contributed by atoms with Crippen LogP contribution in [0.3, 0.4) is 0 Å². The third kappa shape index (κ3) is 7.04. The summed E-state index contributed by atoms with van der Waals surface area (Å²) >= 11 is 0. The maximum atomic E-state index is 13.0. The fourth-order valence-corrected chi connectivity index (χ4v) is 1.64. The predicted molar refractivity (Wildman–Crippen MR) is 88.1 cm³/mol. The first-order valence-electron chi connectivity index (χ1n) is 7.60. The molecule has 0 saturated carbocycles. The molecule has 0 aromatic heterocycles. The second-order valence-electron chi connectivity index (χ2n) is 5.90. The number of halogens is 1. The molecule has 6 nitrogen and oxygen atoms in total. The molecule has 0 radical (unpaired) electrons. The van der Waals surface area contributed by atoms with Crippen LogP contribution in [0.2, 0.25) is 0 Å². The first-order chi connectivity index (χ1) is 11.6. The summed E-state index contributed by atoms with van der Waals surface area (Å²) in [6.07, 6.45) is -0.917. The number of carbonyl (C=O) groups excluding carboxylic acids is 3. The van der Waals surface area contributed by atoms with E-state index >= 15 is 0 Å². The summed E-state index contributed by atoms with van der Waals surface area (Å²) in [6.45, 7) is 6.37. The number of carbonyl (C=O) groups is 3. The molecule has 0 saturated heterocycles. The van der Waals surface area contributed by atoms with E-state index in [1.165, 1.54) is 12.1 Å². The van der Waals surface area contributed by atoms with Crippen LogP contribution in [0.4, 0.5) is 9.18 Å². The van der Waals surface area contributed by atoms with E-state index in [1.54, 1.807) is 27.7 Å². The average Bonchev–Trinajstić information content (AvgIpc) is 2.50. The van der Waals surface area contributed by atoms with Crippen LogP contribution in [0, 0.1) is 17.7 Å². The number of hydrogen-bond donors (Lipinski definition) is 0. The van der Waals surface area contributed by atoms with Gasteiger partial charge >= 0.3 is 12.1 Å². The lowest BCUT2D eigenvalue weighted by Gasteiger charge is -2.25. The van der Waals surface area contributed by atoms with Crippen LogP contribution in [0.15, 0.2) is 24.3 Å². The van der Waals surface area contributed by atoms with Crippen molar-refractivity contribution in [3.63, 3.8) is 0 Å². The van der Waals surface area contributed by atoms with E-state index in [4.69, 9.17) is 4.74 Å². The topological polar surface area (TPSA) is 72.9 Å². The number of imide groups is 1. The Bertz CT molecular complexity index is 695. The lowest BCUT2D eigenvalue weighted by atomic mass is 10.2. The fourth-order valence-electron chi connectivity index (χ4n) is 1.64. The van der Waals surface area contributed by atoms with Crippen molar-refractivity contribution < 1.29 is 28.2 Å². The van der Waals surface area contributed by atoms with E-state index in [0.29, 0.717) is 0 Å². The van der Waals surface area contributed by atoms with Crippen molar-refractivity contribution in [2.75, 3.05) is 13.2 Å². The van der Waals surface area contributed by atoms with Crippen molar-refractivity contribution in [1.29, 1.82) is 0 Å². The molecule has 1 rings (SSSR count). The Hall–Kier alpha value is -2.88. The average molecular weight is 349 g/mol. The van der Waals surface area contributed by atoms with Gasteiger partial charge in [0.25, 0.3) is 5.91 Å². The highest BCUT2D eigenvalue weighted by atomic mass is 19.1. The Kier molecular flexibility index (Phi) is 7.12.